The zero-order chi connectivity index (χ0) is 38.1. The van der Waals surface area contributed by atoms with E-state index in [-0.39, 0.29) is 35.6 Å². The minimum atomic E-state index is -0.678. The predicted molar refractivity (Wildman–Crippen MR) is 206 cm³/mol. The zero-order valence-electron chi connectivity index (χ0n) is 31.4. The van der Waals surface area contributed by atoms with E-state index in [0.717, 1.165) is 83.1 Å². The summed E-state index contributed by atoms with van der Waals surface area (Å²) in [5.74, 6) is 2.28. The van der Waals surface area contributed by atoms with Crippen LogP contribution in [-0.4, -0.2) is 72.4 Å². The lowest BCUT2D eigenvalue weighted by molar-refractivity contribution is -0.135. The summed E-state index contributed by atoms with van der Waals surface area (Å²) in [6.45, 7) is 4.79. The van der Waals surface area contributed by atoms with Crippen LogP contribution in [0.5, 0.6) is 0 Å². The summed E-state index contributed by atoms with van der Waals surface area (Å²) in [6.07, 6.45) is 13.0. The molecule has 1 aliphatic heterocycles. The summed E-state index contributed by atoms with van der Waals surface area (Å²) in [5, 5.41) is 5.82. The number of aromatic nitrogens is 6. The van der Waals surface area contributed by atoms with E-state index >= 15 is 0 Å². The number of amides is 3. The Morgan fingerprint density at radius 1 is 0.818 bits per heavy atom. The Hall–Kier alpha value is -5.85. The fourth-order valence-corrected chi connectivity index (χ4v) is 8.96. The van der Waals surface area contributed by atoms with Gasteiger partial charge in [-0.3, -0.25) is 19.6 Å². The van der Waals surface area contributed by atoms with E-state index in [1.54, 1.807) is 18.6 Å². The fourth-order valence-electron chi connectivity index (χ4n) is 8.96. The molecule has 8 rings (SSSR count). The molecule has 6 atom stereocenters. The smallest absolute Gasteiger partial charge is 0.407 e. The lowest BCUT2D eigenvalue weighted by Gasteiger charge is -2.30. The fraction of sp³-hybridized carbons (Fsp3) is 0.405. The number of hydrogen-bond acceptors (Lipinski definition) is 8. The van der Waals surface area contributed by atoms with Gasteiger partial charge in [0.05, 0.1) is 61.3 Å². The molecule has 1 unspecified atom stereocenters. The van der Waals surface area contributed by atoms with Crippen molar-refractivity contribution in [2.75, 3.05) is 13.7 Å². The molecule has 284 valence electrons. The molecule has 0 radical (unpaired) electrons. The molecule has 55 heavy (non-hydrogen) atoms. The number of methoxy groups -OCH3 is 1. The molecule has 3 fully saturated rings. The van der Waals surface area contributed by atoms with E-state index < -0.39 is 12.1 Å². The van der Waals surface area contributed by atoms with Gasteiger partial charge in [-0.1, -0.05) is 62.4 Å². The molecular weight excluding hydrogens is 695 g/mol. The number of hydrogen-bond donors (Lipinski definition) is 4. The van der Waals surface area contributed by atoms with Crippen LogP contribution in [0.25, 0.3) is 33.6 Å². The first-order chi connectivity index (χ1) is 26.8. The van der Waals surface area contributed by atoms with Gasteiger partial charge in [0, 0.05) is 24.9 Å². The molecule has 1 saturated heterocycles. The summed E-state index contributed by atoms with van der Waals surface area (Å²) < 4.78 is 4.76. The molecule has 3 aliphatic rings. The quantitative estimate of drug-likeness (QED) is 0.120. The summed E-state index contributed by atoms with van der Waals surface area (Å²) in [6, 6.07) is 15.9. The number of carbonyl (C=O) groups is 3. The van der Waals surface area contributed by atoms with Gasteiger partial charge in [0.1, 0.15) is 17.7 Å². The third-order valence-electron chi connectivity index (χ3n) is 11.8. The van der Waals surface area contributed by atoms with Gasteiger partial charge in [0.15, 0.2) is 0 Å². The van der Waals surface area contributed by atoms with Gasteiger partial charge in [-0.05, 0) is 72.1 Å². The van der Waals surface area contributed by atoms with Crippen molar-refractivity contribution in [2.45, 2.75) is 70.5 Å². The molecule has 2 saturated carbocycles. The number of benzene rings is 2. The zero-order valence-corrected chi connectivity index (χ0v) is 31.4. The first-order valence-corrected chi connectivity index (χ1v) is 19.3. The molecule has 3 aromatic heterocycles. The van der Waals surface area contributed by atoms with Crippen LogP contribution in [0.4, 0.5) is 4.79 Å². The Morgan fingerprint density at radius 3 is 2.09 bits per heavy atom. The van der Waals surface area contributed by atoms with Crippen LogP contribution in [-0.2, 0) is 20.9 Å². The van der Waals surface area contributed by atoms with Crippen molar-refractivity contribution in [3.8, 4) is 33.6 Å². The highest BCUT2D eigenvalue weighted by molar-refractivity contribution is 5.86. The Labute approximate surface area is 320 Å². The summed E-state index contributed by atoms with van der Waals surface area (Å²) in [7, 11) is 1.30. The highest BCUT2D eigenvalue weighted by Crippen LogP contribution is 2.56. The maximum absolute atomic E-state index is 13.5. The second-order valence-corrected chi connectivity index (χ2v) is 15.4. The highest BCUT2D eigenvalue weighted by Gasteiger charge is 2.52. The normalized spacial score (nSPS) is 22.2. The Kier molecular flexibility index (Phi) is 10.2. The minimum absolute atomic E-state index is 0.0720. The van der Waals surface area contributed by atoms with E-state index in [1.807, 2.05) is 31.1 Å². The van der Waals surface area contributed by atoms with Crippen LogP contribution in [0.15, 0.2) is 79.5 Å². The summed E-state index contributed by atoms with van der Waals surface area (Å²) in [5.41, 5.74) is 6.77. The van der Waals surface area contributed by atoms with E-state index in [1.165, 1.54) is 7.11 Å². The van der Waals surface area contributed by atoms with Gasteiger partial charge in [0.2, 0.25) is 11.8 Å². The number of fused-ring (bicyclic) bond motifs is 2. The van der Waals surface area contributed by atoms with E-state index in [2.05, 4.69) is 84.1 Å². The standard InChI is InChI=1S/C42H47N9O4/c1-24(2)37(50-42(54)55-3)41(53)51-18-4-5-34(51)38-45-22-32(48-38)27-10-6-25(7-11-27)26-8-12-28(13-9-26)33-23-46-39(49-33)35-29-14-15-30(19-29)36(35)40(52)47-21-31-20-43-16-17-44-31/h6-13,16-17,20,22-24,29-30,34-37H,4-5,14-15,18-19,21H2,1-3H3,(H,45,48)(H,46,49)(H,47,52)(H,50,54)/t29-,30+,34-,35?,36+,37-/m0/s1. The van der Waals surface area contributed by atoms with Crippen molar-refractivity contribution < 1.29 is 19.1 Å². The summed E-state index contributed by atoms with van der Waals surface area (Å²) >= 11 is 0. The molecular formula is C42H47N9O4. The molecule has 13 nitrogen and oxygen atoms in total. The van der Waals surface area contributed by atoms with Gasteiger partial charge < -0.3 is 30.2 Å². The average molecular weight is 742 g/mol. The van der Waals surface area contributed by atoms with Crippen molar-refractivity contribution in [1.82, 2.24) is 45.4 Å². The van der Waals surface area contributed by atoms with Crippen LogP contribution in [0, 0.1) is 23.7 Å². The predicted octanol–water partition coefficient (Wildman–Crippen LogP) is 6.41. The number of H-pyrrole nitrogens is 2. The number of rotatable bonds is 11. The third kappa shape index (κ3) is 7.35. The van der Waals surface area contributed by atoms with Crippen molar-refractivity contribution in [2.24, 2.45) is 23.7 Å². The van der Waals surface area contributed by atoms with Gasteiger partial charge in [-0.15, -0.1) is 0 Å². The van der Waals surface area contributed by atoms with Crippen LogP contribution in [0.3, 0.4) is 0 Å². The lowest BCUT2D eigenvalue weighted by atomic mass is 9.78. The van der Waals surface area contributed by atoms with E-state index in [0.29, 0.717) is 24.9 Å². The number of aromatic amines is 2. The molecule has 3 amide bonds. The number of nitrogens with zero attached hydrogens (tertiary/aromatic N) is 5. The Morgan fingerprint density at radius 2 is 1.45 bits per heavy atom. The molecule has 2 aliphatic carbocycles. The van der Waals surface area contributed by atoms with Crippen LogP contribution in [0.1, 0.15) is 75.3 Å². The van der Waals surface area contributed by atoms with Gasteiger partial charge >= 0.3 is 6.09 Å². The first kappa shape index (κ1) is 36.1. The topological polar surface area (TPSA) is 171 Å². The summed E-state index contributed by atoms with van der Waals surface area (Å²) in [4.78, 5) is 65.7. The molecule has 0 spiro atoms. The Bertz CT molecular complexity index is 2130. The van der Waals surface area contributed by atoms with Crippen LogP contribution < -0.4 is 10.6 Å². The van der Waals surface area contributed by atoms with Gasteiger partial charge in [-0.2, -0.15) is 0 Å². The highest BCUT2D eigenvalue weighted by atomic mass is 16.5. The molecule has 5 aromatic rings. The van der Waals surface area contributed by atoms with E-state index in [9.17, 15) is 14.4 Å². The minimum Gasteiger partial charge on any atom is -0.453 e. The second kappa shape index (κ2) is 15.5. The molecule has 2 aromatic carbocycles. The number of alkyl carbamates (subject to hydrolysis) is 1. The van der Waals surface area contributed by atoms with E-state index in [4.69, 9.17) is 9.72 Å². The largest absolute Gasteiger partial charge is 0.453 e. The third-order valence-corrected chi connectivity index (χ3v) is 11.8. The second-order valence-electron chi connectivity index (χ2n) is 15.4. The van der Waals surface area contributed by atoms with Crippen molar-refractivity contribution >= 4 is 17.9 Å². The van der Waals surface area contributed by atoms with Crippen LogP contribution >= 0.6 is 0 Å². The molecule has 2 bridgehead atoms. The number of likely N-dealkylation sites (tertiary alicyclic amines) is 1. The maximum Gasteiger partial charge on any atom is 0.407 e. The van der Waals surface area contributed by atoms with Crippen molar-refractivity contribution in [1.29, 1.82) is 0 Å². The lowest BCUT2D eigenvalue weighted by Crippen LogP contribution is -2.51. The van der Waals surface area contributed by atoms with Crippen molar-refractivity contribution in [3.63, 3.8) is 0 Å². The average Bonchev–Trinajstić information content (AvgIpc) is 4.07. The first-order valence-electron chi connectivity index (χ1n) is 19.3. The van der Waals surface area contributed by atoms with Gasteiger partial charge in [-0.25, -0.2) is 14.8 Å². The maximum atomic E-state index is 13.5. The Balaban J connectivity index is 0.918. The number of carbonyl (C=O) groups excluding carboxylic acids is 3. The number of nitrogens with one attached hydrogen (secondary N) is 4. The van der Waals surface area contributed by atoms with Gasteiger partial charge in [0.25, 0.3) is 0 Å². The molecule has 4 heterocycles. The van der Waals surface area contributed by atoms with Crippen molar-refractivity contribution in [3.05, 3.63) is 96.9 Å². The number of imidazole rings is 2. The van der Waals surface area contributed by atoms with Crippen LogP contribution in [0.2, 0.25) is 0 Å². The number of ether oxygens (including phenoxy) is 1. The molecule has 4 N–H and O–H groups in total. The molecule has 13 heteroatoms. The monoisotopic (exact) mass is 741 g/mol. The SMILES string of the molecule is COC(=O)N[C@H](C(=O)N1CCC[C@H]1c1ncc(-c2ccc(-c3ccc(-c4cnc(C5[C@H]6CC[C@H](C6)[C@H]5C(=O)NCc5cnccn5)[nH]4)cc3)cc2)[nH]1)C(C)C.